The maximum absolute atomic E-state index is 12.1. The van der Waals surface area contributed by atoms with Gasteiger partial charge in [0.05, 0.1) is 10.6 Å². The second kappa shape index (κ2) is 7.71. The molecular weight excluding hydrogens is 350 g/mol. The zero-order valence-corrected chi connectivity index (χ0v) is 14.7. The molecule has 1 aromatic heterocycles. The van der Waals surface area contributed by atoms with Crippen molar-refractivity contribution in [3.63, 3.8) is 0 Å². The van der Waals surface area contributed by atoms with Crippen LogP contribution in [0, 0.1) is 17.0 Å². The number of benzene rings is 2. The van der Waals surface area contributed by atoms with Gasteiger partial charge in [-0.1, -0.05) is 30.3 Å². The highest BCUT2D eigenvalue weighted by Gasteiger charge is 2.10. The number of nitro groups is 1. The fourth-order valence-electron chi connectivity index (χ4n) is 2.34. The average molecular weight is 365 g/mol. The van der Waals surface area contributed by atoms with Gasteiger partial charge in [-0.3, -0.25) is 20.2 Å². The standard InChI is InChI=1S/C19H15N3O3S/c1-13-18(15-5-3-2-4-6-15)21-19(26-13)20-17(23)12-9-14-7-10-16(11-8-14)22(24)25/h2-12H,1H3,(H,20,21,23)/b12-9-. The van der Waals surface area contributed by atoms with E-state index in [1.54, 1.807) is 18.2 Å². The minimum Gasteiger partial charge on any atom is -0.298 e. The summed E-state index contributed by atoms with van der Waals surface area (Å²) in [5.41, 5.74) is 2.57. The van der Waals surface area contributed by atoms with Crippen LogP contribution in [0.25, 0.3) is 17.3 Å². The highest BCUT2D eigenvalue weighted by Crippen LogP contribution is 2.30. The molecule has 26 heavy (non-hydrogen) atoms. The van der Waals surface area contributed by atoms with Crippen molar-refractivity contribution in [2.45, 2.75) is 6.92 Å². The normalized spacial score (nSPS) is 10.8. The lowest BCUT2D eigenvalue weighted by molar-refractivity contribution is -0.384. The van der Waals surface area contributed by atoms with Gasteiger partial charge in [-0.15, -0.1) is 11.3 Å². The molecule has 3 rings (SSSR count). The van der Waals surface area contributed by atoms with E-state index in [-0.39, 0.29) is 11.6 Å². The topological polar surface area (TPSA) is 85.1 Å². The van der Waals surface area contributed by atoms with Gasteiger partial charge in [-0.05, 0) is 30.7 Å². The van der Waals surface area contributed by atoms with E-state index >= 15 is 0 Å². The summed E-state index contributed by atoms with van der Waals surface area (Å²) in [5, 5.41) is 13.9. The first-order valence-corrected chi connectivity index (χ1v) is 8.61. The number of non-ortho nitro benzene ring substituents is 1. The maximum Gasteiger partial charge on any atom is 0.269 e. The Morgan fingerprint density at radius 2 is 1.85 bits per heavy atom. The van der Waals surface area contributed by atoms with Crippen molar-refractivity contribution in [3.8, 4) is 11.3 Å². The number of anilines is 1. The summed E-state index contributed by atoms with van der Waals surface area (Å²) < 4.78 is 0. The summed E-state index contributed by atoms with van der Waals surface area (Å²) in [6.07, 6.45) is 2.97. The van der Waals surface area contributed by atoms with Crippen LogP contribution >= 0.6 is 11.3 Å². The number of nitro benzene ring substituents is 1. The number of aromatic nitrogens is 1. The molecule has 0 unspecified atom stereocenters. The Bertz CT molecular complexity index is 963. The van der Waals surface area contributed by atoms with Crippen LogP contribution in [-0.2, 0) is 4.79 Å². The van der Waals surface area contributed by atoms with Crippen molar-refractivity contribution < 1.29 is 9.72 Å². The van der Waals surface area contributed by atoms with Crippen LogP contribution in [0.15, 0.2) is 60.7 Å². The SMILES string of the molecule is Cc1sc(NC(=O)/C=C\c2ccc([N+](=O)[O-])cc2)nc1-c1ccccc1. The zero-order valence-electron chi connectivity index (χ0n) is 13.9. The number of aryl methyl sites for hydroxylation is 1. The molecule has 3 aromatic rings. The molecule has 0 fully saturated rings. The lowest BCUT2D eigenvalue weighted by Crippen LogP contribution is -2.07. The van der Waals surface area contributed by atoms with Crippen LogP contribution in [0.5, 0.6) is 0 Å². The molecule has 0 atom stereocenters. The fourth-order valence-corrected chi connectivity index (χ4v) is 3.18. The molecule has 130 valence electrons. The van der Waals surface area contributed by atoms with Crippen LogP contribution in [0.2, 0.25) is 0 Å². The smallest absolute Gasteiger partial charge is 0.269 e. The molecule has 0 aliphatic rings. The molecule has 0 radical (unpaired) electrons. The summed E-state index contributed by atoms with van der Waals surface area (Å²) in [6, 6.07) is 15.7. The molecule has 0 spiro atoms. The molecule has 6 nitrogen and oxygen atoms in total. The highest BCUT2D eigenvalue weighted by atomic mass is 32.1. The third kappa shape index (κ3) is 4.20. The molecule has 1 heterocycles. The lowest BCUT2D eigenvalue weighted by Gasteiger charge is -1.98. The van der Waals surface area contributed by atoms with Crippen LogP contribution in [0.3, 0.4) is 0 Å². The van der Waals surface area contributed by atoms with Gasteiger partial charge in [0.1, 0.15) is 0 Å². The predicted molar refractivity (Wildman–Crippen MR) is 103 cm³/mol. The quantitative estimate of drug-likeness (QED) is 0.404. The number of hydrogen-bond acceptors (Lipinski definition) is 5. The van der Waals surface area contributed by atoms with E-state index in [1.807, 2.05) is 37.3 Å². The first-order valence-electron chi connectivity index (χ1n) is 7.79. The summed E-state index contributed by atoms with van der Waals surface area (Å²) in [5.74, 6) is -0.309. The van der Waals surface area contributed by atoms with Gasteiger partial charge in [0.15, 0.2) is 5.13 Å². The molecule has 0 saturated carbocycles. The monoisotopic (exact) mass is 365 g/mol. The van der Waals surface area contributed by atoms with E-state index in [0.717, 1.165) is 16.1 Å². The first kappa shape index (κ1) is 17.5. The number of nitrogens with zero attached hydrogens (tertiary/aromatic N) is 2. The predicted octanol–water partition coefficient (Wildman–Crippen LogP) is 4.68. The highest BCUT2D eigenvalue weighted by molar-refractivity contribution is 7.16. The van der Waals surface area contributed by atoms with Gasteiger partial charge in [-0.2, -0.15) is 0 Å². The van der Waals surface area contributed by atoms with Gasteiger partial charge >= 0.3 is 0 Å². The Hall–Kier alpha value is -3.32. The number of carbonyl (C=O) groups excluding carboxylic acids is 1. The third-order valence-corrected chi connectivity index (χ3v) is 4.49. The van der Waals surface area contributed by atoms with E-state index in [0.29, 0.717) is 10.7 Å². The molecule has 2 aromatic carbocycles. The van der Waals surface area contributed by atoms with E-state index < -0.39 is 4.92 Å². The molecule has 1 amide bonds. The summed E-state index contributed by atoms with van der Waals surface area (Å²) in [7, 11) is 0. The number of carbonyl (C=O) groups is 1. The Labute approximate surface area is 154 Å². The van der Waals surface area contributed by atoms with Crippen molar-refractivity contribution in [1.29, 1.82) is 0 Å². The minimum atomic E-state index is -0.463. The van der Waals surface area contributed by atoms with Crippen LogP contribution in [0.1, 0.15) is 10.4 Å². The van der Waals surface area contributed by atoms with Crippen molar-refractivity contribution in [1.82, 2.24) is 4.98 Å². The molecular formula is C19H15N3O3S. The molecule has 0 aliphatic heterocycles. The summed E-state index contributed by atoms with van der Waals surface area (Å²) in [4.78, 5) is 27.7. The number of thiazole rings is 1. The van der Waals surface area contributed by atoms with Gasteiger partial charge < -0.3 is 0 Å². The van der Waals surface area contributed by atoms with E-state index in [4.69, 9.17) is 0 Å². The van der Waals surface area contributed by atoms with E-state index in [1.165, 1.54) is 29.5 Å². The van der Waals surface area contributed by atoms with Gasteiger partial charge in [0, 0.05) is 28.6 Å². The third-order valence-electron chi connectivity index (χ3n) is 3.61. The summed E-state index contributed by atoms with van der Waals surface area (Å²) in [6.45, 7) is 1.96. The first-order chi connectivity index (χ1) is 12.5. The average Bonchev–Trinajstić information content (AvgIpc) is 3.01. The second-order valence-electron chi connectivity index (χ2n) is 5.46. The van der Waals surface area contributed by atoms with Gasteiger partial charge in [0.2, 0.25) is 5.91 Å². The molecule has 1 N–H and O–H groups in total. The van der Waals surface area contributed by atoms with Crippen LogP contribution < -0.4 is 5.32 Å². The van der Waals surface area contributed by atoms with Crippen molar-refractivity contribution in [2.75, 3.05) is 5.32 Å². The van der Waals surface area contributed by atoms with Crippen molar-refractivity contribution >= 4 is 34.1 Å². The summed E-state index contributed by atoms with van der Waals surface area (Å²) >= 11 is 1.41. The van der Waals surface area contributed by atoms with Crippen molar-refractivity contribution in [2.24, 2.45) is 0 Å². The van der Waals surface area contributed by atoms with E-state index in [9.17, 15) is 14.9 Å². The number of nitrogens with one attached hydrogen (secondary N) is 1. The molecule has 0 aliphatic carbocycles. The number of hydrogen-bond donors (Lipinski definition) is 1. The molecule has 0 bridgehead atoms. The minimum absolute atomic E-state index is 0.0123. The van der Waals surface area contributed by atoms with Gasteiger partial charge in [0.25, 0.3) is 5.69 Å². The van der Waals surface area contributed by atoms with Crippen molar-refractivity contribution in [3.05, 3.63) is 81.2 Å². The van der Waals surface area contributed by atoms with Crippen LogP contribution in [0.4, 0.5) is 10.8 Å². The Balaban J connectivity index is 1.67. The molecule has 0 saturated heterocycles. The molecule has 7 heteroatoms. The zero-order chi connectivity index (χ0) is 18.5. The Morgan fingerprint density at radius 1 is 1.15 bits per heavy atom. The largest absolute Gasteiger partial charge is 0.298 e. The number of rotatable bonds is 5. The van der Waals surface area contributed by atoms with Gasteiger partial charge in [-0.25, -0.2) is 4.98 Å². The Morgan fingerprint density at radius 3 is 2.50 bits per heavy atom. The van der Waals surface area contributed by atoms with E-state index in [2.05, 4.69) is 10.3 Å². The van der Waals surface area contributed by atoms with Crippen LogP contribution in [-0.4, -0.2) is 15.8 Å². The second-order valence-corrected chi connectivity index (χ2v) is 6.66. The number of amides is 1. The Kier molecular flexibility index (Phi) is 5.19. The lowest BCUT2D eigenvalue weighted by atomic mass is 10.1. The maximum atomic E-state index is 12.1. The fraction of sp³-hybridized carbons (Fsp3) is 0.0526.